The number of rotatable bonds is 8. The van der Waals surface area contributed by atoms with E-state index in [1.54, 1.807) is 4.90 Å². The largest absolute Gasteiger partial charge is 0.445 e. The molecule has 1 fully saturated rings. The Hall–Kier alpha value is -2.98. The summed E-state index contributed by atoms with van der Waals surface area (Å²) in [6.45, 7) is 4.47. The van der Waals surface area contributed by atoms with Crippen molar-refractivity contribution in [1.82, 2.24) is 14.9 Å². The molecule has 2 aromatic carbocycles. The lowest BCUT2D eigenvalue weighted by molar-refractivity contribution is -0.135. The summed E-state index contributed by atoms with van der Waals surface area (Å²) in [6, 6.07) is 12.8. The van der Waals surface area contributed by atoms with E-state index in [1.807, 2.05) is 44.2 Å². The van der Waals surface area contributed by atoms with Crippen LogP contribution < -0.4 is 10.0 Å². The number of hydrogen-bond acceptors (Lipinski definition) is 5. The highest BCUT2D eigenvalue weighted by Crippen LogP contribution is 2.18. The number of hydrogen-bond donors (Lipinski definition) is 2. The molecule has 2 N–H and O–H groups in total. The number of alkyl carbamates (subject to hydrolysis) is 1. The first-order valence-electron chi connectivity index (χ1n) is 11.2. The molecule has 184 valence electrons. The molecule has 1 saturated heterocycles. The summed E-state index contributed by atoms with van der Waals surface area (Å²) in [7, 11) is -3.78. The van der Waals surface area contributed by atoms with Gasteiger partial charge in [-0.2, -0.15) is 0 Å². The fourth-order valence-corrected chi connectivity index (χ4v) is 5.03. The second-order valence-corrected chi connectivity index (χ2v) is 10.3. The summed E-state index contributed by atoms with van der Waals surface area (Å²) in [6.07, 6.45) is 0.183. The number of ether oxygens (including phenoxy) is 1. The smallest absolute Gasteiger partial charge is 0.408 e. The number of nitrogens with one attached hydrogen (secondary N) is 2. The van der Waals surface area contributed by atoms with Crippen molar-refractivity contribution in [3.05, 3.63) is 66.0 Å². The van der Waals surface area contributed by atoms with Crippen LogP contribution in [0.1, 0.15) is 32.3 Å². The van der Waals surface area contributed by atoms with E-state index < -0.39 is 28.0 Å². The Labute approximate surface area is 199 Å². The summed E-state index contributed by atoms with van der Waals surface area (Å²) < 4.78 is 46.0. The third-order valence-corrected chi connectivity index (χ3v) is 7.21. The van der Waals surface area contributed by atoms with Gasteiger partial charge in [0.1, 0.15) is 18.5 Å². The first-order chi connectivity index (χ1) is 16.2. The maximum Gasteiger partial charge on any atom is 0.408 e. The zero-order valence-corrected chi connectivity index (χ0v) is 20.1. The Balaban J connectivity index is 1.51. The molecule has 34 heavy (non-hydrogen) atoms. The van der Waals surface area contributed by atoms with Crippen molar-refractivity contribution in [2.24, 2.45) is 5.92 Å². The number of likely N-dealkylation sites (tertiary alicyclic amines) is 1. The van der Waals surface area contributed by atoms with Crippen LogP contribution in [0.25, 0.3) is 0 Å². The van der Waals surface area contributed by atoms with Gasteiger partial charge in [0.2, 0.25) is 15.9 Å². The maximum absolute atomic E-state index is 13.1. The summed E-state index contributed by atoms with van der Waals surface area (Å²) in [5, 5.41) is 2.66. The average molecular weight is 492 g/mol. The molecular formula is C24H30FN3O5S. The minimum Gasteiger partial charge on any atom is -0.445 e. The lowest BCUT2D eigenvalue weighted by Gasteiger charge is -2.35. The van der Waals surface area contributed by atoms with Crippen LogP contribution in [-0.2, 0) is 26.2 Å². The molecule has 0 radical (unpaired) electrons. The Bertz CT molecular complexity index is 1070. The summed E-state index contributed by atoms with van der Waals surface area (Å²) >= 11 is 0. The van der Waals surface area contributed by atoms with Crippen LogP contribution in [-0.4, -0.2) is 50.5 Å². The van der Waals surface area contributed by atoms with E-state index in [0.717, 1.165) is 17.7 Å². The predicted octanol–water partition coefficient (Wildman–Crippen LogP) is 3.05. The normalized spacial score (nSPS) is 15.7. The number of carbonyl (C=O) groups excluding carboxylic acids is 2. The summed E-state index contributed by atoms with van der Waals surface area (Å²) in [5.41, 5.74) is 0.843. The number of carbonyl (C=O) groups is 2. The minimum absolute atomic E-state index is 0.00880. The van der Waals surface area contributed by atoms with Crippen LogP contribution >= 0.6 is 0 Å². The second-order valence-electron chi connectivity index (χ2n) is 8.60. The van der Waals surface area contributed by atoms with Gasteiger partial charge in [0, 0.05) is 19.1 Å². The topological polar surface area (TPSA) is 105 Å². The van der Waals surface area contributed by atoms with E-state index in [0.29, 0.717) is 25.9 Å². The van der Waals surface area contributed by atoms with E-state index in [9.17, 15) is 22.4 Å². The molecule has 0 aromatic heterocycles. The molecule has 1 atom stereocenters. The monoisotopic (exact) mass is 491 g/mol. The molecule has 0 aliphatic carbocycles. The van der Waals surface area contributed by atoms with Crippen molar-refractivity contribution in [3.8, 4) is 0 Å². The molecule has 0 bridgehead atoms. The van der Waals surface area contributed by atoms with Gasteiger partial charge in [0.05, 0.1) is 4.90 Å². The molecule has 0 saturated carbocycles. The van der Waals surface area contributed by atoms with Gasteiger partial charge in [-0.05, 0) is 48.6 Å². The van der Waals surface area contributed by atoms with Crippen LogP contribution in [0.3, 0.4) is 0 Å². The first kappa shape index (κ1) is 25.6. The highest BCUT2D eigenvalue weighted by atomic mass is 32.2. The maximum atomic E-state index is 13.1. The van der Waals surface area contributed by atoms with E-state index >= 15 is 0 Å². The van der Waals surface area contributed by atoms with Crippen LogP contribution in [0.2, 0.25) is 0 Å². The third kappa shape index (κ3) is 7.01. The fraction of sp³-hybridized carbons (Fsp3) is 0.417. The van der Waals surface area contributed by atoms with Gasteiger partial charge in [-0.3, -0.25) is 4.79 Å². The van der Waals surface area contributed by atoms with Crippen molar-refractivity contribution in [2.75, 3.05) is 13.1 Å². The van der Waals surface area contributed by atoms with Crippen molar-refractivity contribution in [2.45, 2.75) is 50.3 Å². The van der Waals surface area contributed by atoms with E-state index in [-0.39, 0.29) is 29.4 Å². The molecule has 1 aliphatic heterocycles. The molecular weight excluding hydrogens is 461 g/mol. The standard InChI is InChI=1S/C24H30FN3O5S/c1-17(2)22(26-24(30)33-16-18-6-4-3-5-7-18)23(29)28-14-12-20(13-15-28)27-34(31,32)21-10-8-19(25)9-11-21/h3-11,17,20,22,27H,12-16H2,1-2H3,(H,26,30)/t22-/m0/s1. The van der Waals surface area contributed by atoms with Gasteiger partial charge in [-0.1, -0.05) is 44.2 Å². The minimum atomic E-state index is -3.78. The van der Waals surface area contributed by atoms with Gasteiger partial charge < -0.3 is 15.0 Å². The number of amides is 2. The molecule has 2 aromatic rings. The van der Waals surface area contributed by atoms with Gasteiger partial charge in [0.25, 0.3) is 0 Å². The molecule has 1 heterocycles. The van der Waals surface area contributed by atoms with Crippen molar-refractivity contribution in [3.63, 3.8) is 0 Å². The number of sulfonamides is 1. The third-order valence-electron chi connectivity index (χ3n) is 5.67. The second kappa shape index (κ2) is 11.4. The van der Waals surface area contributed by atoms with Crippen molar-refractivity contribution < 1.29 is 27.1 Å². The highest BCUT2D eigenvalue weighted by molar-refractivity contribution is 7.89. The lowest BCUT2D eigenvalue weighted by Crippen LogP contribution is -2.54. The van der Waals surface area contributed by atoms with E-state index in [1.165, 1.54) is 12.1 Å². The van der Waals surface area contributed by atoms with Gasteiger partial charge >= 0.3 is 6.09 Å². The van der Waals surface area contributed by atoms with Crippen molar-refractivity contribution >= 4 is 22.0 Å². The summed E-state index contributed by atoms with van der Waals surface area (Å²) in [4.78, 5) is 27.0. The number of piperidine rings is 1. The molecule has 2 amide bonds. The fourth-order valence-electron chi connectivity index (χ4n) is 3.72. The average Bonchev–Trinajstić information content (AvgIpc) is 2.82. The molecule has 0 unspecified atom stereocenters. The van der Waals surface area contributed by atoms with Crippen LogP contribution in [0, 0.1) is 11.7 Å². The zero-order chi connectivity index (χ0) is 24.7. The van der Waals surface area contributed by atoms with Gasteiger partial charge in [-0.15, -0.1) is 0 Å². The lowest BCUT2D eigenvalue weighted by atomic mass is 10.00. The molecule has 3 rings (SSSR count). The van der Waals surface area contributed by atoms with Crippen LogP contribution in [0.5, 0.6) is 0 Å². The Morgan fingerprint density at radius 1 is 1.06 bits per heavy atom. The zero-order valence-electron chi connectivity index (χ0n) is 19.2. The Morgan fingerprint density at radius 2 is 1.68 bits per heavy atom. The number of nitrogens with zero attached hydrogens (tertiary/aromatic N) is 1. The molecule has 0 spiro atoms. The molecule has 1 aliphatic rings. The first-order valence-corrected chi connectivity index (χ1v) is 12.7. The SMILES string of the molecule is CC(C)[C@H](NC(=O)OCc1ccccc1)C(=O)N1CCC(NS(=O)(=O)c2ccc(F)cc2)CC1. The van der Waals surface area contributed by atoms with Crippen LogP contribution in [0.15, 0.2) is 59.5 Å². The summed E-state index contributed by atoms with van der Waals surface area (Å²) in [5.74, 6) is -0.902. The molecule has 8 nitrogen and oxygen atoms in total. The van der Waals surface area contributed by atoms with Crippen LogP contribution in [0.4, 0.5) is 9.18 Å². The Kier molecular flexibility index (Phi) is 8.62. The van der Waals surface area contributed by atoms with Crippen molar-refractivity contribution in [1.29, 1.82) is 0 Å². The van der Waals surface area contributed by atoms with Gasteiger partial charge in [0.15, 0.2) is 0 Å². The van der Waals surface area contributed by atoms with E-state index in [4.69, 9.17) is 4.74 Å². The Morgan fingerprint density at radius 3 is 2.26 bits per heavy atom. The highest BCUT2D eigenvalue weighted by Gasteiger charge is 2.32. The number of halogens is 1. The quantitative estimate of drug-likeness (QED) is 0.591. The predicted molar refractivity (Wildman–Crippen MR) is 125 cm³/mol. The number of benzene rings is 2. The van der Waals surface area contributed by atoms with Gasteiger partial charge in [-0.25, -0.2) is 22.3 Å². The van der Waals surface area contributed by atoms with E-state index in [2.05, 4.69) is 10.0 Å². The molecule has 10 heteroatoms.